The van der Waals surface area contributed by atoms with Gasteiger partial charge in [0.1, 0.15) is 5.82 Å². The van der Waals surface area contributed by atoms with Gasteiger partial charge >= 0.3 is 0 Å². The Hall–Kier alpha value is -0.970. The van der Waals surface area contributed by atoms with Gasteiger partial charge in [-0.25, -0.2) is 4.39 Å². The minimum atomic E-state index is -0.432. The molecule has 1 rings (SSSR count). The predicted octanol–water partition coefficient (Wildman–Crippen LogP) is 2.79. The fraction of sp³-hybridized carbons (Fsp3) is 0.571. The normalized spacial score (nSPS) is 13.0. The highest BCUT2D eigenvalue weighted by molar-refractivity contribution is 5.26. The van der Waals surface area contributed by atoms with Crippen molar-refractivity contribution in [2.24, 2.45) is 0 Å². The van der Waals surface area contributed by atoms with Crippen LogP contribution in [0.15, 0.2) is 18.2 Å². The maximum Gasteiger partial charge on any atom is 0.176 e. The van der Waals surface area contributed by atoms with E-state index in [1.165, 1.54) is 6.07 Å². The van der Waals surface area contributed by atoms with Crippen molar-refractivity contribution >= 4 is 0 Å². The highest BCUT2D eigenvalue weighted by atomic mass is 19.1. The molecule has 0 fully saturated rings. The molecule has 1 unspecified atom stereocenters. The lowest BCUT2D eigenvalue weighted by Gasteiger charge is -2.26. The van der Waals surface area contributed by atoms with Gasteiger partial charge in [0.2, 0.25) is 0 Å². The third kappa shape index (κ3) is 3.77. The monoisotopic (exact) mass is 255 g/mol. The molecule has 1 N–H and O–H groups in total. The van der Waals surface area contributed by atoms with Gasteiger partial charge in [-0.3, -0.25) is 0 Å². The van der Waals surface area contributed by atoms with Gasteiger partial charge in [0, 0.05) is 14.2 Å². The summed E-state index contributed by atoms with van der Waals surface area (Å²) in [6.45, 7) is 4.65. The van der Waals surface area contributed by atoms with E-state index in [0.717, 1.165) is 18.5 Å². The van der Waals surface area contributed by atoms with Gasteiger partial charge in [-0.1, -0.05) is 19.1 Å². The first-order valence-electron chi connectivity index (χ1n) is 6.19. The standard InChI is InChI=1S/C14H22FNO2/c1-5-8-16-13(14(17-3)18-4)11-7-6-10(2)12(15)9-11/h6-7,9,13-14,16H,5,8H2,1-4H3. The first kappa shape index (κ1) is 15.1. The summed E-state index contributed by atoms with van der Waals surface area (Å²) >= 11 is 0. The van der Waals surface area contributed by atoms with Crippen LogP contribution in [-0.4, -0.2) is 27.1 Å². The largest absolute Gasteiger partial charge is 0.354 e. The molecule has 1 aromatic carbocycles. The topological polar surface area (TPSA) is 30.5 Å². The molecule has 0 spiro atoms. The van der Waals surface area contributed by atoms with Crippen molar-refractivity contribution in [3.8, 4) is 0 Å². The van der Waals surface area contributed by atoms with Crippen LogP contribution < -0.4 is 5.32 Å². The molecule has 0 radical (unpaired) electrons. The Labute approximate surface area is 108 Å². The van der Waals surface area contributed by atoms with Crippen molar-refractivity contribution in [3.05, 3.63) is 35.1 Å². The van der Waals surface area contributed by atoms with Crippen LogP contribution in [0.25, 0.3) is 0 Å². The molecule has 0 aliphatic rings. The van der Waals surface area contributed by atoms with Crippen LogP contribution in [0.2, 0.25) is 0 Å². The van der Waals surface area contributed by atoms with Crippen molar-refractivity contribution < 1.29 is 13.9 Å². The first-order valence-corrected chi connectivity index (χ1v) is 6.19. The van der Waals surface area contributed by atoms with Crippen molar-refractivity contribution in [1.29, 1.82) is 0 Å². The number of nitrogens with one attached hydrogen (secondary N) is 1. The molecule has 0 bridgehead atoms. The van der Waals surface area contributed by atoms with Crippen LogP contribution in [0, 0.1) is 12.7 Å². The Bertz CT molecular complexity index is 367. The zero-order valence-corrected chi connectivity index (χ0v) is 11.5. The summed E-state index contributed by atoms with van der Waals surface area (Å²) in [6.07, 6.45) is 0.559. The molecule has 0 saturated heterocycles. The van der Waals surface area contributed by atoms with Crippen molar-refractivity contribution in [2.75, 3.05) is 20.8 Å². The molecule has 18 heavy (non-hydrogen) atoms. The van der Waals surface area contributed by atoms with Gasteiger partial charge in [0.05, 0.1) is 6.04 Å². The van der Waals surface area contributed by atoms with Gasteiger partial charge in [-0.15, -0.1) is 0 Å². The minimum absolute atomic E-state index is 0.171. The Kier molecular flexibility index (Phi) is 6.25. The molecule has 0 heterocycles. The zero-order chi connectivity index (χ0) is 13.5. The summed E-state index contributed by atoms with van der Waals surface area (Å²) in [4.78, 5) is 0. The van der Waals surface area contributed by atoms with Gasteiger partial charge in [-0.2, -0.15) is 0 Å². The van der Waals surface area contributed by atoms with Gasteiger partial charge in [0.25, 0.3) is 0 Å². The van der Waals surface area contributed by atoms with Crippen molar-refractivity contribution in [2.45, 2.75) is 32.6 Å². The molecule has 0 amide bonds. The number of methoxy groups -OCH3 is 2. The number of hydrogen-bond acceptors (Lipinski definition) is 3. The van der Waals surface area contributed by atoms with E-state index in [1.807, 2.05) is 6.07 Å². The Morgan fingerprint density at radius 1 is 1.28 bits per heavy atom. The second-order valence-electron chi connectivity index (χ2n) is 4.28. The quantitative estimate of drug-likeness (QED) is 0.760. The fourth-order valence-corrected chi connectivity index (χ4v) is 1.84. The van der Waals surface area contributed by atoms with E-state index in [0.29, 0.717) is 5.56 Å². The summed E-state index contributed by atoms with van der Waals surface area (Å²) < 4.78 is 24.2. The number of rotatable bonds is 7. The van der Waals surface area contributed by atoms with E-state index in [4.69, 9.17) is 9.47 Å². The number of halogens is 1. The fourth-order valence-electron chi connectivity index (χ4n) is 1.84. The molecule has 3 nitrogen and oxygen atoms in total. The van der Waals surface area contributed by atoms with Crippen LogP contribution in [-0.2, 0) is 9.47 Å². The SMILES string of the molecule is CCCNC(c1ccc(C)c(F)c1)C(OC)OC. The molecule has 0 saturated carbocycles. The van der Waals surface area contributed by atoms with Crippen LogP contribution in [0.3, 0.4) is 0 Å². The highest BCUT2D eigenvalue weighted by Crippen LogP contribution is 2.22. The third-order valence-electron chi connectivity index (χ3n) is 2.91. The molecule has 1 aromatic rings. The van der Waals surface area contributed by atoms with Crippen LogP contribution in [0.5, 0.6) is 0 Å². The van der Waals surface area contributed by atoms with Crippen molar-refractivity contribution in [3.63, 3.8) is 0 Å². The molecular formula is C14H22FNO2. The number of benzene rings is 1. The lowest BCUT2D eigenvalue weighted by atomic mass is 10.0. The highest BCUT2D eigenvalue weighted by Gasteiger charge is 2.22. The summed E-state index contributed by atoms with van der Waals surface area (Å²) in [7, 11) is 3.17. The molecule has 4 heteroatoms. The Balaban J connectivity index is 2.96. The number of ether oxygens (including phenoxy) is 2. The summed E-state index contributed by atoms with van der Waals surface area (Å²) in [5.41, 5.74) is 1.47. The number of aryl methyl sites for hydroxylation is 1. The average Bonchev–Trinajstić information content (AvgIpc) is 2.38. The summed E-state index contributed by atoms with van der Waals surface area (Å²) in [6, 6.07) is 5.04. The van der Waals surface area contributed by atoms with Crippen LogP contribution in [0.1, 0.15) is 30.5 Å². The number of hydrogen-bond donors (Lipinski definition) is 1. The van der Waals surface area contributed by atoms with Crippen LogP contribution in [0.4, 0.5) is 4.39 Å². The first-order chi connectivity index (χ1) is 8.63. The van der Waals surface area contributed by atoms with Crippen molar-refractivity contribution in [1.82, 2.24) is 5.32 Å². The average molecular weight is 255 g/mol. The van der Waals surface area contributed by atoms with E-state index in [1.54, 1.807) is 27.2 Å². The second-order valence-corrected chi connectivity index (χ2v) is 4.28. The minimum Gasteiger partial charge on any atom is -0.354 e. The predicted molar refractivity (Wildman–Crippen MR) is 70.0 cm³/mol. The third-order valence-corrected chi connectivity index (χ3v) is 2.91. The molecule has 0 aliphatic carbocycles. The van der Waals surface area contributed by atoms with E-state index in [-0.39, 0.29) is 11.9 Å². The maximum absolute atomic E-state index is 13.6. The van der Waals surface area contributed by atoms with E-state index < -0.39 is 6.29 Å². The molecule has 1 atom stereocenters. The Morgan fingerprint density at radius 2 is 1.94 bits per heavy atom. The van der Waals surface area contributed by atoms with E-state index in [2.05, 4.69) is 12.2 Å². The lowest BCUT2D eigenvalue weighted by Crippen LogP contribution is -2.35. The maximum atomic E-state index is 13.6. The molecule has 0 aromatic heterocycles. The van der Waals surface area contributed by atoms with Crippen LogP contribution >= 0.6 is 0 Å². The van der Waals surface area contributed by atoms with Gasteiger partial charge in [0.15, 0.2) is 6.29 Å². The van der Waals surface area contributed by atoms with E-state index in [9.17, 15) is 4.39 Å². The van der Waals surface area contributed by atoms with Gasteiger partial charge in [-0.05, 0) is 37.1 Å². The summed E-state index contributed by atoms with van der Waals surface area (Å²) in [5, 5.41) is 3.32. The lowest BCUT2D eigenvalue weighted by molar-refractivity contribution is -0.124. The zero-order valence-electron chi connectivity index (χ0n) is 11.5. The molecule has 0 aliphatic heterocycles. The van der Waals surface area contributed by atoms with Gasteiger partial charge < -0.3 is 14.8 Å². The Morgan fingerprint density at radius 3 is 2.44 bits per heavy atom. The summed E-state index contributed by atoms with van der Waals surface area (Å²) in [5.74, 6) is -0.207. The smallest absolute Gasteiger partial charge is 0.176 e. The molecular weight excluding hydrogens is 233 g/mol. The second kappa shape index (κ2) is 7.46. The molecule has 102 valence electrons. The van der Waals surface area contributed by atoms with E-state index >= 15 is 0 Å².